The number of rotatable bonds is 6. The van der Waals surface area contributed by atoms with Crippen LogP contribution in [0.2, 0.25) is 0 Å². The molecule has 0 spiro atoms. The minimum atomic E-state index is -4.49. The van der Waals surface area contributed by atoms with Gasteiger partial charge in [-0.3, -0.25) is 0 Å². The van der Waals surface area contributed by atoms with Crippen molar-refractivity contribution in [2.75, 3.05) is 12.4 Å². The van der Waals surface area contributed by atoms with E-state index in [1.54, 1.807) is 5.51 Å². The number of thiazole rings is 1. The highest BCUT2D eigenvalue weighted by molar-refractivity contribution is 7.86. The molecule has 102 valence electrons. The molecule has 0 aliphatic rings. The largest absolute Gasteiger partial charge is 0.450 e. The van der Waals surface area contributed by atoms with Gasteiger partial charge in [0.15, 0.2) is 0 Å². The molecule has 1 aromatic rings. The number of carbonyl (C=O) groups excluding carboxylic acids is 1. The second-order valence-corrected chi connectivity index (χ2v) is 5.87. The normalized spacial score (nSPS) is 11.2. The minimum absolute atomic E-state index is 0.0637. The average molecular weight is 296 g/mol. The fourth-order valence-electron chi connectivity index (χ4n) is 1.10. The highest BCUT2D eigenvalue weighted by Gasteiger charge is 2.08. The summed E-state index contributed by atoms with van der Waals surface area (Å²) in [5.74, 6) is -0.645. The van der Waals surface area contributed by atoms with Gasteiger partial charge >= 0.3 is 16.3 Å². The number of alkyl carbamates (subject to hydrolysis) is 1. The molecular formula is C9H13FN2O4S2. The number of ether oxygens (including phenoxy) is 1. The van der Waals surface area contributed by atoms with E-state index in [0.29, 0.717) is 6.54 Å². The van der Waals surface area contributed by atoms with E-state index in [4.69, 9.17) is 0 Å². The Morgan fingerprint density at radius 1 is 1.61 bits per heavy atom. The van der Waals surface area contributed by atoms with Gasteiger partial charge in [0.1, 0.15) is 0 Å². The molecule has 6 nitrogen and oxygen atoms in total. The standard InChI is InChI=1S/C9H13FN2O4S2/c1-7-8(17-6-12-7)5-11-9(13)16-3-2-4-18(10,14)15/h6H,2-5H2,1H3,(H,11,13). The molecular weight excluding hydrogens is 283 g/mol. The van der Waals surface area contributed by atoms with Gasteiger partial charge in [0.2, 0.25) is 0 Å². The summed E-state index contributed by atoms with van der Waals surface area (Å²) < 4.78 is 37.1. The number of nitrogens with zero attached hydrogens (tertiary/aromatic N) is 1. The molecule has 0 atom stereocenters. The van der Waals surface area contributed by atoms with Gasteiger partial charge < -0.3 is 10.1 Å². The number of amides is 1. The van der Waals surface area contributed by atoms with Gasteiger partial charge in [-0.1, -0.05) is 0 Å². The maximum absolute atomic E-state index is 12.1. The average Bonchev–Trinajstić information content (AvgIpc) is 2.66. The van der Waals surface area contributed by atoms with Crippen molar-refractivity contribution in [3.8, 4) is 0 Å². The lowest BCUT2D eigenvalue weighted by Gasteiger charge is -2.05. The molecule has 18 heavy (non-hydrogen) atoms. The topological polar surface area (TPSA) is 85.4 Å². The van der Waals surface area contributed by atoms with E-state index in [1.807, 2.05) is 6.92 Å². The number of nitrogens with one attached hydrogen (secondary N) is 1. The second-order valence-electron chi connectivity index (χ2n) is 3.45. The van der Waals surface area contributed by atoms with Crippen molar-refractivity contribution in [1.82, 2.24) is 10.3 Å². The van der Waals surface area contributed by atoms with Gasteiger partial charge in [-0.15, -0.1) is 15.2 Å². The van der Waals surface area contributed by atoms with E-state index in [2.05, 4.69) is 15.0 Å². The molecule has 0 saturated heterocycles. The zero-order valence-electron chi connectivity index (χ0n) is 9.68. The second kappa shape index (κ2) is 6.64. The van der Waals surface area contributed by atoms with Crippen LogP contribution in [0.4, 0.5) is 8.68 Å². The lowest BCUT2D eigenvalue weighted by Crippen LogP contribution is -2.24. The number of aromatic nitrogens is 1. The van der Waals surface area contributed by atoms with Gasteiger partial charge in [-0.25, -0.2) is 9.78 Å². The molecule has 1 aromatic heterocycles. The molecule has 0 aromatic carbocycles. The molecule has 0 radical (unpaired) electrons. The highest BCUT2D eigenvalue weighted by atomic mass is 32.3. The quantitative estimate of drug-likeness (QED) is 0.633. The molecule has 1 N–H and O–H groups in total. The molecule has 0 aliphatic heterocycles. The number of hydrogen-bond acceptors (Lipinski definition) is 6. The zero-order valence-corrected chi connectivity index (χ0v) is 11.3. The van der Waals surface area contributed by atoms with Crippen LogP contribution >= 0.6 is 11.3 Å². The molecule has 0 aliphatic carbocycles. The molecule has 1 amide bonds. The van der Waals surface area contributed by atoms with Crippen LogP contribution in [-0.2, 0) is 21.5 Å². The van der Waals surface area contributed by atoms with Crippen molar-refractivity contribution >= 4 is 27.7 Å². The van der Waals surface area contributed by atoms with E-state index < -0.39 is 22.1 Å². The van der Waals surface area contributed by atoms with Crippen molar-refractivity contribution in [1.29, 1.82) is 0 Å². The van der Waals surface area contributed by atoms with E-state index in [0.717, 1.165) is 10.6 Å². The van der Waals surface area contributed by atoms with Crippen LogP contribution in [0, 0.1) is 6.92 Å². The Labute approximate surface area is 108 Å². The number of halogens is 1. The van der Waals surface area contributed by atoms with Gasteiger partial charge in [0.05, 0.1) is 30.1 Å². The zero-order chi connectivity index (χ0) is 13.6. The van der Waals surface area contributed by atoms with E-state index >= 15 is 0 Å². The minimum Gasteiger partial charge on any atom is -0.450 e. The van der Waals surface area contributed by atoms with Gasteiger partial charge in [0, 0.05) is 4.88 Å². The molecule has 1 heterocycles. The molecule has 1 rings (SSSR count). The molecule has 0 saturated carbocycles. The Balaban J connectivity index is 2.17. The maximum Gasteiger partial charge on any atom is 0.407 e. The lowest BCUT2D eigenvalue weighted by atomic mass is 10.4. The van der Waals surface area contributed by atoms with Gasteiger partial charge in [-0.05, 0) is 13.3 Å². The molecule has 9 heteroatoms. The third-order valence-corrected chi connectivity index (χ3v) is 3.72. The fourth-order valence-corrected chi connectivity index (χ4v) is 2.28. The summed E-state index contributed by atoms with van der Waals surface area (Å²) >= 11 is 1.41. The summed E-state index contributed by atoms with van der Waals surface area (Å²) in [6.45, 7) is 1.98. The summed E-state index contributed by atoms with van der Waals surface area (Å²) in [5.41, 5.74) is 2.51. The lowest BCUT2D eigenvalue weighted by molar-refractivity contribution is 0.146. The van der Waals surface area contributed by atoms with Crippen molar-refractivity contribution in [2.24, 2.45) is 0 Å². The van der Waals surface area contributed by atoms with Gasteiger partial charge in [-0.2, -0.15) is 8.42 Å². The van der Waals surface area contributed by atoms with Crippen LogP contribution in [0.5, 0.6) is 0 Å². The first kappa shape index (κ1) is 14.8. The van der Waals surface area contributed by atoms with Crippen molar-refractivity contribution in [3.05, 3.63) is 16.1 Å². The summed E-state index contributed by atoms with van der Waals surface area (Å²) in [6.07, 6.45) is -0.731. The first-order valence-corrected chi connectivity index (χ1v) is 7.53. The van der Waals surface area contributed by atoms with Crippen molar-refractivity contribution in [2.45, 2.75) is 19.9 Å². The van der Waals surface area contributed by atoms with Crippen LogP contribution in [0.3, 0.4) is 0 Å². The third-order valence-electron chi connectivity index (χ3n) is 2.00. The van der Waals surface area contributed by atoms with Crippen LogP contribution in [0.1, 0.15) is 17.0 Å². The van der Waals surface area contributed by atoms with Crippen LogP contribution in [-0.4, -0.2) is 31.9 Å². The van der Waals surface area contributed by atoms with E-state index in [1.165, 1.54) is 11.3 Å². The van der Waals surface area contributed by atoms with Crippen molar-refractivity contribution in [3.63, 3.8) is 0 Å². The predicted molar refractivity (Wildman–Crippen MR) is 64.6 cm³/mol. The first-order chi connectivity index (χ1) is 8.38. The Morgan fingerprint density at radius 3 is 2.89 bits per heavy atom. The Morgan fingerprint density at radius 2 is 2.33 bits per heavy atom. The highest BCUT2D eigenvalue weighted by Crippen LogP contribution is 2.11. The summed E-state index contributed by atoms with van der Waals surface area (Å²) in [7, 11) is -4.49. The van der Waals surface area contributed by atoms with Crippen molar-refractivity contribution < 1.29 is 21.8 Å². The number of aryl methyl sites for hydroxylation is 1. The van der Waals surface area contributed by atoms with E-state index in [-0.39, 0.29) is 13.0 Å². The number of hydrogen-bond donors (Lipinski definition) is 1. The Kier molecular flexibility index (Phi) is 5.48. The van der Waals surface area contributed by atoms with Crippen LogP contribution in [0.15, 0.2) is 5.51 Å². The third kappa shape index (κ3) is 5.92. The smallest absolute Gasteiger partial charge is 0.407 e. The molecule has 0 bridgehead atoms. The monoisotopic (exact) mass is 296 g/mol. The fraction of sp³-hybridized carbons (Fsp3) is 0.556. The Bertz CT molecular complexity index is 500. The van der Waals surface area contributed by atoms with Crippen LogP contribution < -0.4 is 5.32 Å². The predicted octanol–water partition coefficient (Wildman–Crippen LogP) is 1.37. The SMILES string of the molecule is Cc1ncsc1CNC(=O)OCCCS(=O)(=O)F. The Hall–Kier alpha value is -1.22. The number of carbonyl (C=O) groups is 1. The molecule has 0 fully saturated rings. The van der Waals surface area contributed by atoms with Crippen LogP contribution in [0.25, 0.3) is 0 Å². The maximum atomic E-state index is 12.1. The summed E-state index contributed by atoms with van der Waals surface area (Å²) in [6, 6.07) is 0. The van der Waals surface area contributed by atoms with Gasteiger partial charge in [0.25, 0.3) is 0 Å². The molecule has 0 unspecified atom stereocenters. The van der Waals surface area contributed by atoms with E-state index in [9.17, 15) is 17.1 Å². The summed E-state index contributed by atoms with van der Waals surface area (Å²) in [5, 5.41) is 2.49. The first-order valence-electron chi connectivity index (χ1n) is 5.10. The summed E-state index contributed by atoms with van der Waals surface area (Å²) in [4.78, 5) is 16.1.